The molecule has 0 aliphatic carbocycles. The summed E-state index contributed by atoms with van der Waals surface area (Å²) in [5, 5.41) is 17.3. The standard InChI is InChI=1S/C21H33N7/c1-21(2,3)20-24-23-18-7-8-19(25-28(18)20)27-12-14(13-27)11-22-15-9-16-5-6-17(10-15)26(16)4/h7-8,14-17,22H,5-6,9-13H2,1-4H3. The molecule has 2 bridgehead atoms. The lowest BCUT2D eigenvalue weighted by atomic mass is 9.95. The van der Waals surface area contributed by atoms with Crippen molar-refractivity contribution in [1.29, 1.82) is 0 Å². The molecule has 3 aliphatic rings. The van der Waals surface area contributed by atoms with Gasteiger partial charge in [0.15, 0.2) is 11.5 Å². The second kappa shape index (κ2) is 6.66. The zero-order valence-corrected chi connectivity index (χ0v) is 17.6. The van der Waals surface area contributed by atoms with Gasteiger partial charge in [-0.05, 0) is 44.9 Å². The molecular formula is C21H33N7. The molecule has 5 heterocycles. The van der Waals surface area contributed by atoms with Crippen molar-refractivity contribution in [1.82, 2.24) is 30.0 Å². The zero-order valence-electron chi connectivity index (χ0n) is 17.6. The molecule has 28 heavy (non-hydrogen) atoms. The van der Waals surface area contributed by atoms with E-state index in [1.165, 1.54) is 25.7 Å². The van der Waals surface area contributed by atoms with E-state index in [0.717, 1.165) is 54.9 Å². The smallest absolute Gasteiger partial charge is 0.178 e. The highest BCUT2D eigenvalue weighted by molar-refractivity contribution is 5.47. The first-order chi connectivity index (χ1) is 13.4. The van der Waals surface area contributed by atoms with Gasteiger partial charge in [-0.25, -0.2) is 0 Å². The molecule has 152 valence electrons. The van der Waals surface area contributed by atoms with Gasteiger partial charge in [-0.15, -0.1) is 15.3 Å². The van der Waals surface area contributed by atoms with Gasteiger partial charge in [-0.3, -0.25) is 0 Å². The molecule has 0 radical (unpaired) electrons. The van der Waals surface area contributed by atoms with Gasteiger partial charge in [-0.2, -0.15) is 4.52 Å². The lowest BCUT2D eigenvalue weighted by molar-refractivity contribution is 0.145. The van der Waals surface area contributed by atoms with E-state index in [0.29, 0.717) is 6.04 Å². The SMILES string of the molecule is CN1C2CCC1CC(NCC1CN(c3ccc4nnc(C(C)(C)C)n4n3)C1)C2. The fourth-order valence-electron chi connectivity index (χ4n) is 5.21. The Balaban J connectivity index is 1.17. The van der Waals surface area contributed by atoms with Crippen LogP contribution in [-0.4, -0.2) is 69.5 Å². The van der Waals surface area contributed by atoms with Crippen LogP contribution in [0.1, 0.15) is 52.3 Å². The van der Waals surface area contributed by atoms with Gasteiger partial charge < -0.3 is 15.1 Å². The van der Waals surface area contributed by atoms with E-state index in [1.54, 1.807) is 0 Å². The number of aromatic nitrogens is 4. The third kappa shape index (κ3) is 3.18. The van der Waals surface area contributed by atoms with Crippen LogP contribution in [0.5, 0.6) is 0 Å². The second-order valence-electron chi connectivity index (χ2n) is 10.1. The van der Waals surface area contributed by atoms with Crippen LogP contribution in [0.4, 0.5) is 5.82 Å². The number of rotatable bonds is 4. The van der Waals surface area contributed by atoms with Crippen LogP contribution >= 0.6 is 0 Å². The van der Waals surface area contributed by atoms with Crippen LogP contribution in [0, 0.1) is 5.92 Å². The maximum Gasteiger partial charge on any atom is 0.178 e. The van der Waals surface area contributed by atoms with Crippen molar-refractivity contribution < 1.29 is 0 Å². The Hall–Kier alpha value is -1.73. The summed E-state index contributed by atoms with van der Waals surface area (Å²) in [7, 11) is 2.31. The number of hydrogen-bond donors (Lipinski definition) is 1. The monoisotopic (exact) mass is 383 g/mol. The summed E-state index contributed by atoms with van der Waals surface area (Å²) >= 11 is 0. The average molecular weight is 384 g/mol. The summed E-state index contributed by atoms with van der Waals surface area (Å²) in [6, 6.07) is 6.44. The van der Waals surface area contributed by atoms with Gasteiger partial charge in [-0.1, -0.05) is 20.8 Å². The number of fused-ring (bicyclic) bond motifs is 3. The zero-order chi connectivity index (χ0) is 19.5. The highest BCUT2D eigenvalue weighted by Crippen LogP contribution is 2.34. The fourth-order valence-corrected chi connectivity index (χ4v) is 5.21. The summed E-state index contributed by atoms with van der Waals surface area (Å²) in [6.07, 6.45) is 5.43. The molecule has 2 aromatic heterocycles. The Morgan fingerprint density at radius 3 is 2.46 bits per heavy atom. The molecule has 0 aromatic carbocycles. The number of hydrogen-bond acceptors (Lipinski definition) is 6. The first-order valence-corrected chi connectivity index (χ1v) is 10.8. The highest BCUT2D eigenvalue weighted by Gasteiger charge is 2.38. The number of nitrogens with zero attached hydrogens (tertiary/aromatic N) is 6. The summed E-state index contributed by atoms with van der Waals surface area (Å²) < 4.78 is 1.91. The predicted octanol–water partition coefficient (Wildman–Crippen LogP) is 2.07. The Kier molecular flexibility index (Phi) is 4.36. The van der Waals surface area contributed by atoms with Crippen LogP contribution in [-0.2, 0) is 5.41 Å². The second-order valence-corrected chi connectivity index (χ2v) is 10.1. The van der Waals surface area contributed by atoms with E-state index in [1.807, 2.05) is 10.6 Å². The van der Waals surface area contributed by atoms with Gasteiger partial charge in [0.2, 0.25) is 0 Å². The number of anilines is 1. The molecule has 0 saturated carbocycles. The molecule has 1 N–H and O–H groups in total. The molecule has 2 aromatic rings. The molecule has 0 amide bonds. The highest BCUT2D eigenvalue weighted by atomic mass is 15.4. The van der Waals surface area contributed by atoms with E-state index in [-0.39, 0.29) is 5.41 Å². The number of piperidine rings is 1. The molecule has 3 aliphatic heterocycles. The summed E-state index contributed by atoms with van der Waals surface area (Å²) in [4.78, 5) is 4.98. The maximum absolute atomic E-state index is 4.84. The molecule has 7 heteroatoms. The van der Waals surface area contributed by atoms with E-state index < -0.39 is 0 Å². The normalized spacial score (nSPS) is 28.9. The lowest BCUT2D eigenvalue weighted by Crippen LogP contribution is -2.54. The first-order valence-electron chi connectivity index (χ1n) is 10.8. The lowest BCUT2D eigenvalue weighted by Gasteiger charge is -2.42. The minimum atomic E-state index is -0.0695. The minimum Gasteiger partial charge on any atom is -0.354 e. The first kappa shape index (κ1) is 18.3. The van der Waals surface area contributed by atoms with Crippen LogP contribution in [0.3, 0.4) is 0 Å². The van der Waals surface area contributed by atoms with Crippen molar-refractivity contribution in [2.24, 2.45) is 5.92 Å². The summed E-state index contributed by atoms with van der Waals surface area (Å²) in [5.41, 5.74) is 0.754. The van der Waals surface area contributed by atoms with Crippen LogP contribution in [0.25, 0.3) is 5.65 Å². The molecule has 2 unspecified atom stereocenters. The Labute approximate surface area is 167 Å². The Bertz CT molecular complexity index is 834. The average Bonchev–Trinajstić information content (AvgIpc) is 3.10. The van der Waals surface area contributed by atoms with Gasteiger partial charge in [0.05, 0.1) is 0 Å². The van der Waals surface area contributed by atoms with Crippen molar-refractivity contribution in [2.75, 3.05) is 31.6 Å². The summed E-state index contributed by atoms with van der Waals surface area (Å²) in [5.74, 6) is 2.67. The largest absolute Gasteiger partial charge is 0.354 e. The topological polar surface area (TPSA) is 61.6 Å². The molecule has 5 rings (SSSR count). The van der Waals surface area contributed by atoms with E-state index in [2.05, 4.69) is 59.2 Å². The Morgan fingerprint density at radius 1 is 1.07 bits per heavy atom. The number of nitrogens with one attached hydrogen (secondary N) is 1. The van der Waals surface area contributed by atoms with Gasteiger partial charge >= 0.3 is 0 Å². The predicted molar refractivity (Wildman–Crippen MR) is 111 cm³/mol. The van der Waals surface area contributed by atoms with Crippen molar-refractivity contribution >= 4 is 11.5 Å². The van der Waals surface area contributed by atoms with E-state index in [9.17, 15) is 0 Å². The third-order valence-electron chi connectivity index (χ3n) is 6.99. The van der Waals surface area contributed by atoms with Crippen molar-refractivity contribution in [3.05, 3.63) is 18.0 Å². The van der Waals surface area contributed by atoms with Crippen molar-refractivity contribution in [3.63, 3.8) is 0 Å². The fraction of sp³-hybridized carbons (Fsp3) is 0.762. The summed E-state index contributed by atoms with van der Waals surface area (Å²) in [6.45, 7) is 9.75. The van der Waals surface area contributed by atoms with Crippen molar-refractivity contribution in [2.45, 2.75) is 70.0 Å². The third-order valence-corrected chi connectivity index (χ3v) is 6.99. The van der Waals surface area contributed by atoms with Crippen LogP contribution in [0.2, 0.25) is 0 Å². The molecule has 7 nitrogen and oxygen atoms in total. The van der Waals surface area contributed by atoms with Gasteiger partial charge in [0, 0.05) is 49.1 Å². The van der Waals surface area contributed by atoms with E-state index in [4.69, 9.17) is 5.10 Å². The molecular weight excluding hydrogens is 350 g/mol. The minimum absolute atomic E-state index is 0.0695. The van der Waals surface area contributed by atoms with Crippen LogP contribution < -0.4 is 10.2 Å². The maximum atomic E-state index is 4.84. The Morgan fingerprint density at radius 2 is 1.79 bits per heavy atom. The van der Waals surface area contributed by atoms with E-state index >= 15 is 0 Å². The quantitative estimate of drug-likeness (QED) is 0.872. The molecule has 2 atom stereocenters. The molecule has 0 spiro atoms. The van der Waals surface area contributed by atoms with Gasteiger partial charge in [0.25, 0.3) is 0 Å². The van der Waals surface area contributed by atoms with Crippen molar-refractivity contribution in [3.8, 4) is 0 Å². The molecule has 3 saturated heterocycles. The van der Waals surface area contributed by atoms with Crippen LogP contribution in [0.15, 0.2) is 12.1 Å². The van der Waals surface area contributed by atoms with Gasteiger partial charge in [0.1, 0.15) is 5.82 Å². The molecule has 3 fully saturated rings.